The fraction of sp³-hybridized carbons (Fsp3) is 1.00. The van der Waals surface area contributed by atoms with Gasteiger partial charge >= 0.3 is 0 Å². The van der Waals surface area contributed by atoms with Crippen molar-refractivity contribution in [2.75, 3.05) is 0 Å². The fourth-order valence-corrected chi connectivity index (χ4v) is 9.29. The first-order chi connectivity index (χ1) is 11.1. The van der Waals surface area contributed by atoms with Gasteiger partial charge in [0.05, 0.1) is 17.2 Å². The van der Waals surface area contributed by atoms with E-state index in [0.717, 1.165) is 18.8 Å². The van der Waals surface area contributed by atoms with E-state index in [-0.39, 0.29) is 11.6 Å². The molecule has 0 aromatic heterocycles. The van der Waals surface area contributed by atoms with Gasteiger partial charge in [0.25, 0.3) is 0 Å². The van der Waals surface area contributed by atoms with Crippen LogP contribution in [0, 0.1) is 29.6 Å². The van der Waals surface area contributed by atoms with Crippen LogP contribution in [0.2, 0.25) is 0 Å². The van der Waals surface area contributed by atoms with Gasteiger partial charge < -0.3 is 10.2 Å². The molecule has 3 heteroatoms. The van der Waals surface area contributed by atoms with E-state index < -0.39 is 5.60 Å². The Balaban J connectivity index is 1.54. The number of aliphatic hydroxyl groups is 2. The summed E-state index contributed by atoms with van der Waals surface area (Å²) in [4.78, 5) is 2.78. The summed E-state index contributed by atoms with van der Waals surface area (Å²) in [5.41, 5.74) is -0.557. The van der Waals surface area contributed by atoms with Crippen molar-refractivity contribution in [1.82, 2.24) is 4.90 Å². The van der Waals surface area contributed by atoms with Gasteiger partial charge in [0.1, 0.15) is 0 Å². The maximum Gasteiger partial charge on any atom is 0.0880 e. The first kappa shape index (κ1) is 14.1. The predicted molar refractivity (Wildman–Crippen MR) is 87.8 cm³/mol. The monoisotopic (exact) mass is 317 g/mol. The summed E-state index contributed by atoms with van der Waals surface area (Å²) in [6.45, 7) is 2.39. The van der Waals surface area contributed by atoms with E-state index in [1.807, 2.05) is 0 Å². The van der Waals surface area contributed by atoms with Crippen molar-refractivity contribution in [1.29, 1.82) is 0 Å². The van der Waals surface area contributed by atoms with Crippen molar-refractivity contribution in [3.05, 3.63) is 0 Å². The average Bonchev–Trinajstić information content (AvgIpc) is 2.75. The molecule has 7 aliphatic rings. The Morgan fingerprint density at radius 1 is 1.00 bits per heavy atom. The SMILES string of the molecule is C[C@H]1CCC2[C@@H]3C[C@H]4C[C@]2(O)[C@@]2(C[C@@H](O)[C@@H]5CCCC[C@H]5[C@H]42)N13. The molecule has 0 radical (unpaired) electrons. The highest BCUT2D eigenvalue weighted by Gasteiger charge is 2.82. The van der Waals surface area contributed by atoms with Crippen LogP contribution in [-0.2, 0) is 0 Å². The minimum absolute atomic E-state index is 0.0703. The lowest BCUT2D eigenvalue weighted by molar-refractivity contribution is -0.171. The minimum Gasteiger partial charge on any atom is -0.393 e. The van der Waals surface area contributed by atoms with Gasteiger partial charge in [-0.1, -0.05) is 12.8 Å². The van der Waals surface area contributed by atoms with Crippen LogP contribution >= 0.6 is 0 Å². The molecule has 3 heterocycles. The molecule has 0 amide bonds. The largest absolute Gasteiger partial charge is 0.393 e. The maximum atomic E-state index is 12.0. The summed E-state index contributed by atoms with van der Waals surface area (Å²) in [7, 11) is 0. The standard InChI is InChI=1S/C20H31NO2/c1-11-6-7-15-16-8-12-9-20(15,23)19(21(11)16)10-17(22)13-4-2-3-5-14(13)18(12)19/h11-18,22-23H,2-10H2,1H3/t11-,12-,13+,14+,15?,16-,17+,18-,19-,20+/m0/s1. The topological polar surface area (TPSA) is 43.7 Å². The zero-order valence-corrected chi connectivity index (χ0v) is 14.3. The molecule has 3 saturated heterocycles. The molecular weight excluding hydrogens is 286 g/mol. The van der Waals surface area contributed by atoms with E-state index in [1.54, 1.807) is 0 Å². The molecule has 6 bridgehead atoms. The van der Waals surface area contributed by atoms with Gasteiger partial charge in [-0.05, 0) is 75.5 Å². The summed E-state index contributed by atoms with van der Waals surface area (Å²) >= 11 is 0. The molecule has 23 heavy (non-hydrogen) atoms. The molecule has 128 valence electrons. The second-order valence-electron chi connectivity index (χ2n) is 9.97. The van der Waals surface area contributed by atoms with E-state index >= 15 is 0 Å². The van der Waals surface area contributed by atoms with Gasteiger partial charge in [-0.3, -0.25) is 4.90 Å². The first-order valence-electron chi connectivity index (χ1n) is 10.3. The molecule has 3 aliphatic heterocycles. The van der Waals surface area contributed by atoms with E-state index in [0.29, 0.717) is 35.8 Å². The Hall–Kier alpha value is -0.120. The second-order valence-corrected chi connectivity index (χ2v) is 9.97. The summed E-state index contributed by atoms with van der Waals surface area (Å²) in [6.07, 6.45) is 10.7. The molecule has 3 nitrogen and oxygen atoms in total. The maximum absolute atomic E-state index is 12.0. The zero-order chi connectivity index (χ0) is 15.6. The van der Waals surface area contributed by atoms with Crippen molar-refractivity contribution >= 4 is 0 Å². The molecule has 4 aliphatic carbocycles. The summed E-state index contributed by atoms with van der Waals surface area (Å²) in [6, 6.07) is 1.21. The van der Waals surface area contributed by atoms with Crippen LogP contribution in [0.15, 0.2) is 0 Å². The van der Waals surface area contributed by atoms with E-state index in [2.05, 4.69) is 11.8 Å². The number of hydrogen-bond donors (Lipinski definition) is 2. The lowest BCUT2D eigenvalue weighted by atomic mass is 9.54. The number of nitrogens with zero attached hydrogens (tertiary/aromatic N) is 1. The van der Waals surface area contributed by atoms with Crippen molar-refractivity contribution < 1.29 is 10.2 Å². The van der Waals surface area contributed by atoms with Gasteiger partial charge in [-0.15, -0.1) is 0 Å². The van der Waals surface area contributed by atoms with Gasteiger partial charge in [0.2, 0.25) is 0 Å². The molecule has 4 saturated carbocycles. The summed E-state index contributed by atoms with van der Waals surface area (Å²) < 4.78 is 0. The third-order valence-corrected chi connectivity index (χ3v) is 9.54. The Labute approximate surface area is 139 Å². The van der Waals surface area contributed by atoms with E-state index in [9.17, 15) is 10.2 Å². The molecule has 0 aromatic rings. The molecule has 1 spiro atoms. The molecule has 2 unspecified atom stereocenters. The van der Waals surface area contributed by atoms with Crippen LogP contribution in [0.25, 0.3) is 0 Å². The van der Waals surface area contributed by atoms with Crippen LogP contribution in [-0.4, -0.2) is 44.4 Å². The van der Waals surface area contributed by atoms with Crippen LogP contribution in [0.4, 0.5) is 0 Å². The molecule has 11 atom stereocenters. The molecule has 7 fully saturated rings. The molecule has 2 N–H and O–H groups in total. The number of rotatable bonds is 0. The third-order valence-electron chi connectivity index (χ3n) is 9.54. The quantitative estimate of drug-likeness (QED) is 0.722. The fourth-order valence-electron chi connectivity index (χ4n) is 9.29. The van der Waals surface area contributed by atoms with Crippen LogP contribution < -0.4 is 0 Å². The number of fused-ring (bicyclic) bond motifs is 1. The lowest BCUT2D eigenvalue weighted by Gasteiger charge is -2.61. The van der Waals surface area contributed by atoms with Crippen LogP contribution in [0.3, 0.4) is 0 Å². The normalized spacial score (nSPS) is 68.7. The van der Waals surface area contributed by atoms with Crippen molar-refractivity contribution in [3.63, 3.8) is 0 Å². The Morgan fingerprint density at radius 3 is 2.61 bits per heavy atom. The minimum atomic E-state index is -0.487. The van der Waals surface area contributed by atoms with Gasteiger partial charge in [-0.25, -0.2) is 0 Å². The van der Waals surface area contributed by atoms with Gasteiger partial charge in [0, 0.05) is 18.0 Å². The Morgan fingerprint density at radius 2 is 1.78 bits per heavy atom. The summed E-state index contributed by atoms with van der Waals surface area (Å²) in [5.74, 6) is 3.10. The first-order valence-corrected chi connectivity index (χ1v) is 10.3. The molecule has 0 aromatic carbocycles. The number of aliphatic hydroxyl groups excluding tert-OH is 1. The Bertz CT molecular complexity index is 552. The van der Waals surface area contributed by atoms with Crippen molar-refractivity contribution in [2.45, 2.75) is 94.0 Å². The van der Waals surface area contributed by atoms with E-state index in [1.165, 1.54) is 44.9 Å². The number of piperidine rings is 2. The third kappa shape index (κ3) is 1.32. The predicted octanol–water partition coefficient (Wildman–Crippen LogP) is 2.55. The highest BCUT2D eigenvalue weighted by molar-refractivity contribution is 5.34. The number of hydrogen-bond acceptors (Lipinski definition) is 3. The van der Waals surface area contributed by atoms with Crippen molar-refractivity contribution in [2.24, 2.45) is 29.6 Å². The second kappa shape index (κ2) is 4.16. The Kier molecular flexibility index (Phi) is 2.55. The smallest absolute Gasteiger partial charge is 0.0880 e. The lowest BCUT2D eigenvalue weighted by Crippen LogP contribution is -2.69. The van der Waals surface area contributed by atoms with Gasteiger partial charge in [-0.2, -0.15) is 0 Å². The zero-order valence-electron chi connectivity index (χ0n) is 14.3. The van der Waals surface area contributed by atoms with Crippen LogP contribution in [0.5, 0.6) is 0 Å². The molecule has 7 rings (SSSR count). The molecular formula is C20H31NO2. The van der Waals surface area contributed by atoms with Gasteiger partial charge in [0.15, 0.2) is 0 Å². The van der Waals surface area contributed by atoms with Crippen LogP contribution in [0.1, 0.15) is 64.7 Å². The summed E-state index contributed by atoms with van der Waals surface area (Å²) in [5, 5.41) is 23.0. The van der Waals surface area contributed by atoms with Crippen molar-refractivity contribution in [3.8, 4) is 0 Å². The highest BCUT2D eigenvalue weighted by Crippen LogP contribution is 2.75. The average molecular weight is 317 g/mol. The highest BCUT2D eigenvalue weighted by atomic mass is 16.3. The van der Waals surface area contributed by atoms with E-state index in [4.69, 9.17) is 0 Å².